The number of aromatic nitrogens is 1. The number of benzene rings is 3. The zero-order chi connectivity index (χ0) is 20.9. The molecular weight excluding hydrogens is 382 g/mol. The summed E-state index contributed by atoms with van der Waals surface area (Å²) in [6, 6.07) is 22.4. The minimum absolute atomic E-state index is 0.139. The lowest BCUT2D eigenvalue weighted by atomic mass is 10.0. The van der Waals surface area contributed by atoms with Gasteiger partial charge in [-0.25, -0.2) is 9.78 Å². The van der Waals surface area contributed by atoms with E-state index in [1.807, 2.05) is 30.3 Å². The number of aliphatic hydroxyl groups excluding tert-OH is 1. The Balaban J connectivity index is 1.55. The van der Waals surface area contributed by atoms with Gasteiger partial charge in [0.1, 0.15) is 11.6 Å². The Kier molecular flexibility index (Phi) is 5.74. The number of fused-ring (bicyclic) bond motifs is 1. The van der Waals surface area contributed by atoms with E-state index in [4.69, 9.17) is 15.0 Å². The molecule has 30 heavy (non-hydrogen) atoms. The molecule has 0 saturated heterocycles. The summed E-state index contributed by atoms with van der Waals surface area (Å²) in [5.74, 6) is -0.414. The van der Waals surface area contributed by atoms with Gasteiger partial charge in [-0.05, 0) is 48.4 Å². The highest BCUT2D eigenvalue weighted by Crippen LogP contribution is 2.24. The second kappa shape index (κ2) is 8.77. The third kappa shape index (κ3) is 4.48. The van der Waals surface area contributed by atoms with E-state index in [1.165, 1.54) is 0 Å². The van der Waals surface area contributed by atoms with Crippen LogP contribution in [0.25, 0.3) is 11.1 Å². The molecule has 4 aromatic rings. The molecule has 4 rings (SSSR count). The Morgan fingerprint density at radius 3 is 2.47 bits per heavy atom. The number of nitrogens with one attached hydrogen (secondary N) is 1. The molecule has 0 saturated carbocycles. The van der Waals surface area contributed by atoms with Crippen LogP contribution in [0.1, 0.15) is 27.9 Å². The second-order valence-corrected chi connectivity index (χ2v) is 6.89. The summed E-state index contributed by atoms with van der Waals surface area (Å²) in [5, 5.41) is 10.9. The van der Waals surface area contributed by atoms with Gasteiger partial charge in [0.25, 0.3) is 0 Å². The molecular formula is C23H21N3O4. The first-order valence-corrected chi connectivity index (χ1v) is 9.50. The van der Waals surface area contributed by atoms with Gasteiger partial charge >= 0.3 is 5.97 Å². The summed E-state index contributed by atoms with van der Waals surface area (Å²) in [6.07, 6.45) is -0.805. The highest BCUT2D eigenvalue weighted by atomic mass is 16.7. The maximum atomic E-state index is 12.3. The normalized spacial score (nSPS) is 13.1. The Morgan fingerprint density at radius 1 is 1.03 bits per heavy atom. The van der Waals surface area contributed by atoms with E-state index >= 15 is 0 Å². The van der Waals surface area contributed by atoms with Crippen LogP contribution in [0.5, 0.6) is 0 Å². The lowest BCUT2D eigenvalue weighted by Gasteiger charge is -2.21. The van der Waals surface area contributed by atoms with Crippen molar-refractivity contribution in [3.8, 4) is 0 Å². The Labute approximate surface area is 173 Å². The molecule has 2 atom stereocenters. The number of hydrogen-bond donors (Lipinski definition) is 3. The summed E-state index contributed by atoms with van der Waals surface area (Å²) in [6.45, 7) is 0. The molecule has 0 aliphatic rings. The van der Waals surface area contributed by atoms with Crippen molar-refractivity contribution in [2.24, 2.45) is 0 Å². The number of para-hydroxylation sites is 2. The summed E-state index contributed by atoms with van der Waals surface area (Å²) in [4.78, 5) is 21.9. The summed E-state index contributed by atoms with van der Waals surface area (Å²) < 4.78 is 5.70. The van der Waals surface area contributed by atoms with E-state index < -0.39 is 18.1 Å². The molecule has 7 nitrogen and oxygen atoms in total. The van der Waals surface area contributed by atoms with E-state index in [9.17, 15) is 9.90 Å². The van der Waals surface area contributed by atoms with E-state index in [2.05, 4.69) is 10.5 Å². The van der Waals surface area contributed by atoms with Gasteiger partial charge in [0.05, 0.1) is 11.6 Å². The zero-order valence-corrected chi connectivity index (χ0v) is 16.1. The molecule has 0 amide bonds. The van der Waals surface area contributed by atoms with Gasteiger partial charge in [0.2, 0.25) is 5.89 Å². The van der Waals surface area contributed by atoms with Gasteiger partial charge in [-0.15, -0.1) is 5.48 Å². The van der Waals surface area contributed by atoms with Crippen LogP contribution in [0, 0.1) is 0 Å². The fourth-order valence-electron chi connectivity index (χ4n) is 3.08. The predicted molar refractivity (Wildman–Crippen MR) is 112 cm³/mol. The van der Waals surface area contributed by atoms with Gasteiger partial charge < -0.3 is 20.1 Å². The standard InChI is InChI=1S/C23H21N3O4/c24-17-12-10-15(11-13-17)14-19(26-30-23(28)16-6-2-1-3-7-16)21(27)22-25-18-8-4-5-9-20(18)29-22/h1-13,19,21,26-27H,14,24H2/t19-,21?/m0/s1. The number of rotatable bonds is 7. The highest BCUT2D eigenvalue weighted by molar-refractivity contribution is 5.89. The number of nitrogens with two attached hydrogens (primary N) is 1. The molecule has 0 bridgehead atoms. The molecule has 0 radical (unpaired) electrons. The first kappa shape index (κ1) is 19.6. The largest absolute Gasteiger partial charge is 0.438 e. The zero-order valence-electron chi connectivity index (χ0n) is 16.1. The van der Waals surface area contributed by atoms with Crippen molar-refractivity contribution in [3.05, 3.63) is 95.9 Å². The van der Waals surface area contributed by atoms with Crippen LogP contribution in [0.3, 0.4) is 0 Å². The number of hydrogen-bond acceptors (Lipinski definition) is 7. The minimum Gasteiger partial charge on any atom is -0.438 e. The van der Waals surface area contributed by atoms with Gasteiger partial charge in [-0.2, -0.15) is 0 Å². The Bertz CT molecular complexity index is 1090. The van der Waals surface area contributed by atoms with Crippen molar-refractivity contribution in [1.29, 1.82) is 0 Å². The van der Waals surface area contributed by atoms with Gasteiger partial charge in [0, 0.05) is 5.69 Å². The van der Waals surface area contributed by atoms with Crippen molar-refractivity contribution in [2.45, 2.75) is 18.6 Å². The SMILES string of the molecule is Nc1ccc(C[C@H](NOC(=O)c2ccccc2)C(O)c2nc3ccccc3o2)cc1. The van der Waals surface area contributed by atoms with E-state index in [0.717, 1.165) is 5.56 Å². The average Bonchev–Trinajstić information content (AvgIpc) is 3.22. The molecule has 3 aromatic carbocycles. The molecule has 0 fully saturated rings. The number of nitrogen functional groups attached to an aromatic ring is 1. The summed E-state index contributed by atoms with van der Waals surface area (Å²) in [5.41, 5.74) is 11.6. The quantitative estimate of drug-likeness (QED) is 0.320. The number of carbonyl (C=O) groups excluding carboxylic acids is 1. The molecule has 4 N–H and O–H groups in total. The number of nitrogens with zero attached hydrogens (tertiary/aromatic N) is 1. The van der Waals surface area contributed by atoms with Gasteiger partial charge in [-0.3, -0.25) is 0 Å². The molecule has 1 heterocycles. The van der Waals surface area contributed by atoms with Crippen LogP contribution in [0.15, 0.2) is 83.3 Å². The maximum Gasteiger partial charge on any atom is 0.356 e. The number of oxazole rings is 1. The number of hydroxylamine groups is 1. The molecule has 0 aliphatic carbocycles. The molecule has 7 heteroatoms. The Morgan fingerprint density at radius 2 is 1.73 bits per heavy atom. The maximum absolute atomic E-state index is 12.3. The molecule has 0 aliphatic heterocycles. The molecule has 152 valence electrons. The third-order valence-corrected chi connectivity index (χ3v) is 4.69. The first-order chi connectivity index (χ1) is 14.6. The van der Waals surface area contributed by atoms with E-state index in [-0.39, 0.29) is 5.89 Å². The van der Waals surface area contributed by atoms with Crippen LogP contribution in [-0.4, -0.2) is 22.1 Å². The lowest BCUT2D eigenvalue weighted by Crippen LogP contribution is -2.38. The van der Waals surface area contributed by atoms with Crippen LogP contribution >= 0.6 is 0 Å². The smallest absolute Gasteiger partial charge is 0.356 e. The van der Waals surface area contributed by atoms with Crippen molar-refractivity contribution in [3.63, 3.8) is 0 Å². The topological polar surface area (TPSA) is 111 Å². The summed E-state index contributed by atoms with van der Waals surface area (Å²) >= 11 is 0. The number of aliphatic hydroxyl groups is 1. The first-order valence-electron chi connectivity index (χ1n) is 9.50. The fourth-order valence-corrected chi connectivity index (χ4v) is 3.08. The van der Waals surface area contributed by atoms with Crippen LogP contribution in [0.4, 0.5) is 5.69 Å². The van der Waals surface area contributed by atoms with E-state index in [1.54, 1.807) is 48.5 Å². The monoisotopic (exact) mass is 403 g/mol. The highest BCUT2D eigenvalue weighted by Gasteiger charge is 2.27. The average molecular weight is 403 g/mol. The van der Waals surface area contributed by atoms with Gasteiger partial charge in [0.15, 0.2) is 5.58 Å². The number of carbonyl (C=O) groups is 1. The number of anilines is 1. The van der Waals surface area contributed by atoms with Crippen molar-refractivity contribution in [2.75, 3.05) is 5.73 Å². The molecule has 0 spiro atoms. The summed E-state index contributed by atoms with van der Waals surface area (Å²) in [7, 11) is 0. The van der Waals surface area contributed by atoms with Crippen LogP contribution < -0.4 is 11.2 Å². The molecule has 1 aromatic heterocycles. The van der Waals surface area contributed by atoms with Gasteiger partial charge in [-0.1, -0.05) is 42.5 Å². The Hall–Kier alpha value is -3.68. The third-order valence-electron chi connectivity index (χ3n) is 4.69. The van der Waals surface area contributed by atoms with E-state index in [0.29, 0.717) is 28.8 Å². The van der Waals surface area contributed by atoms with Crippen molar-refractivity contribution in [1.82, 2.24) is 10.5 Å². The minimum atomic E-state index is -1.15. The van der Waals surface area contributed by atoms with Crippen molar-refractivity contribution >= 4 is 22.8 Å². The van der Waals surface area contributed by atoms with Crippen LogP contribution in [-0.2, 0) is 11.3 Å². The second-order valence-electron chi connectivity index (χ2n) is 6.89. The molecule has 1 unspecified atom stereocenters. The van der Waals surface area contributed by atoms with Crippen LogP contribution in [0.2, 0.25) is 0 Å². The lowest BCUT2D eigenvalue weighted by molar-refractivity contribution is -0.0125. The fraction of sp³-hybridized carbons (Fsp3) is 0.130. The van der Waals surface area contributed by atoms with Crippen molar-refractivity contribution < 1.29 is 19.2 Å². The predicted octanol–water partition coefficient (Wildman–Crippen LogP) is 3.42.